The number of hydrogen-bond donors (Lipinski definition) is 1. The van der Waals surface area contributed by atoms with Crippen LogP contribution in [-0.4, -0.2) is 17.0 Å². The number of hydrogen-bond acceptors (Lipinski definition) is 2. The molecule has 160 valence electrons. The summed E-state index contributed by atoms with van der Waals surface area (Å²) in [5.74, 6) is 3.01. The van der Waals surface area contributed by atoms with Gasteiger partial charge in [0.2, 0.25) is 0 Å². The Labute approximate surface area is 181 Å². The predicted molar refractivity (Wildman–Crippen MR) is 122 cm³/mol. The predicted octanol–water partition coefficient (Wildman–Crippen LogP) is 6.21. The summed E-state index contributed by atoms with van der Waals surface area (Å²) in [6, 6.07) is 10.3. The van der Waals surface area contributed by atoms with Crippen molar-refractivity contribution >= 4 is 11.9 Å². The second-order valence-corrected chi connectivity index (χ2v) is 11.1. The highest BCUT2D eigenvalue weighted by Gasteiger charge is 2.60. The zero-order chi connectivity index (χ0) is 20.9. The van der Waals surface area contributed by atoms with Crippen molar-refractivity contribution < 1.29 is 9.90 Å². The van der Waals surface area contributed by atoms with E-state index >= 15 is 0 Å². The van der Waals surface area contributed by atoms with Gasteiger partial charge in [-0.1, -0.05) is 62.4 Å². The Balaban J connectivity index is 1.39. The fraction of sp³-hybridized carbons (Fsp3) is 0.607. The van der Waals surface area contributed by atoms with Crippen LogP contribution in [0, 0.1) is 34.5 Å². The summed E-state index contributed by atoms with van der Waals surface area (Å²) < 4.78 is 0. The second kappa shape index (κ2) is 7.48. The minimum absolute atomic E-state index is 0.111. The van der Waals surface area contributed by atoms with Crippen LogP contribution in [-0.2, 0) is 4.79 Å². The average molecular weight is 405 g/mol. The first-order chi connectivity index (χ1) is 14.4. The molecule has 2 nitrogen and oxygen atoms in total. The van der Waals surface area contributed by atoms with Crippen LogP contribution < -0.4 is 0 Å². The van der Waals surface area contributed by atoms with Gasteiger partial charge in [0, 0.05) is 6.42 Å². The average Bonchev–Trinajstić information content (AvgIpc) is 3.04. The lowest BCUT2D eigenvalue weighted by Gasteiger charge is -2.60. The molecule has 3 unspecified atom stereocenters. The minimum Gasteiger partial charge on any atom is -0.393 e. The van der Waals surface area contributed by atoms with Gasteiger partial charge in [-0.15, -0.1) is 0 Å². The highest BCUT2D eigenvalue weighted by molar-refractivity contribution is 5.97. The smallest absolute Gasteiger partial charge is 0.159 e. The molecule has 1 aromatic rings. The number of ketones is 1. The molecule has 5 rings (SSSR count). The van der Waals surface area contributed by atoms with Crippen LogP contribution >= 0.6 is 0 Å². The van der Waals surface area contributed by atoms with Crippen molar-refractivity contribution in [3.63, 3.8) is 0 Å². The number of Topliss-reactive ketones (excluding diaryl/α,β-unsaturated/α-hetero) is 1. The number of fused-ring (bicyclic) bond motifs is 5. The number of rotatable bonds is 2. The van der Waals surface area contributed by atoms with Gasteiger partial charge >= 0.3 is 0 Å². The topological polar surface area (TPSA) is 37.3 Å². The van der Waals surface area contributed by atoms with E-state index in [1.807, 2.05) is 18.2 Å². The molecule has 4 saturated carbocycles. The third-order valence-corrected chi connectivity index (χ3v) is 9.76. The Morgan fingerprint density at radius 3 is 2.53 bits per heavy atom. The van der Waals surface area contributed by atoms with Gasteiger partial charge in [-0.05, 0) is 90.6 Å². The quantitative estimate of drug-likeness (QED) is 0.595. The number of carbonyl (C=O) groups excluding carboxylic acids is 1. The molecule has 0 aromatic heterocycles. The Bertz CT molecular complexity index is 868. The monoisotopic (exact) mass is 404 g/mol. The molecule has 0 saturated heterocycles. The van der Waals surface area contributed by atoms with E-state index in [0.29, 0.717) is 23.5 Å². The lowest BCUT2D eigenvalue weighted by molar-refractivity contribution is -0.134. The zero-order valence-electron chi connectivity index (χ0n) is 18.5. The fourth-order valence-electron chi connectivity index (χ4n) is 7.97. The molecule has 30 heavy (non-hydrogen) atoms. The fourth-order valence-corrected chi connectivity index (χ4v) is 7.97. The van der Waals surface area contributed by atoms with Crippen molar-refractivity contribution in [2.24, 2.45) is 34.5 Å². The SMILES string of the molecule is C[C@]12CCC3C(CC[C@H]4CC(=O)/C(=C/C=C/c5ccccc5)C[C@]34C)C1CC[C@@H]2O. The molecule has 4 aliphatic rings. The van der Waals surface area contributed by atoms with Gasteiger partial charge in [0.25, 0.3) is 0 Å². The molecule has 7 atom stereocenters. The first-order valence-electron chi connectivity index (χ1n) is 12.1. The van der Waals surface area contributed by atoms with Crippen molar-refractivity contribution in [1.29, 1.82) is 0 Å². The van der Waals surface area contributed by atoms with Gasteiger partial charge in [0.05, 0.1) is 6.10 Å². The number of aliphatic hydroxyl groups excluding tert-OH is 1. The molecule has 0 bridgehead atoms. The summed E-state index contributed by atoms with van der Waals surface area (Å²) in [6.07, 6.45) is 14.8. The van der Waals surface area contributed by atoms with E-state index in [2.05, 4.69) is 44.2 Å². The van der Waals surface area contributed by atoms with E-state index in [0.717, 1.165) is 37.2 Å². The molecule has 4 fully saturated rings. The summed E-state index contributed by atoms with van der Waals surface area (Å²) in [6.45, 7) is 4.84. The van der Waals surface area contributed by atoms with Crippen molar-refractivity contribution in [2.45, 2.75) is 71.3 Å². The third-order valence-electron chi connectivity index (χ3n) is 9.76. The normalized spacial score (nSPS) is 44.7. The van der Waals surface area contributed by atoms with Gasteiger partial charge in [-0.25, -0.2) is 0 Å². The maximum atomic E-state index is 12.9. The van der Waals surface area contributed by atoms with Crippen LogP contribution in [0.1, 0.15) is 70.8 Å². The standard InChI is InChI=1S/C28H36O2/c1-27-16-15-24-22(23(27)13-14-26(27)30)12-11-21-17-25(29)20(18-28(21,24)2)10-6-9-19-7-4-3-5-8-19/h3-10,21-24,26,30H,11-18H2,1-2H3/b9-6+,20-10+/t21-,22?,23?,24?,26-,27-,28-/m0/s1. The van der Waals surface area contributed by atoms with Crippen LogP contribution in [0.25, 0.3) is 6.08 Å². The van der Waals surface area contributed by atoms with E-state index < -0.39 is 0 Å². The van der Waals surface area contributed by atoms with Crippen molar-refractivity contribution in [1.82, 2.24) is 0 Å². The maximum Gasteiger partial charge on any atom is 0.159 e. The van der Waals surface area contributed by atoms with E-state index in [1.165, 1.54) is 31.2 Å². The van der Waals surface area contributed by atoms with Gasteiger partial charge in [-0.2, -0.15) is 0 Å². The molecule has 1 aromatic carbocycles. The Morgan fingerprint density at radius 2 is 1.73 bits per heavy atom. The number of allylic oxidation sites excluding steroid dienone is 3. The van der Waals surface area contributed by atoms with Crippen LogP contribution in [0.3, 0.4) is 0 Å². The van der Waals surface area contributed by atoms with Crippen molar-refractivity contribution in [3.05, 3.63) is 53.6 Å². The summed E-state index contributed by atoms with van der Waals surface area (Å²) in [5.41, 5.74) is 2.57. The molecule has 1 N–H and O–H groups in total. The molecular weight excluding hydrogens is 368 g/mol. The van der Waals surface area contributed by atoms with Gasteiger partial charge in [0.15, 0.2) is 5.78 Å². The summed E-state index contributed by atoms with van der Waals surface area (Å²) in [4.78, 5) is 12.9. The highest BCUT2D eigenvalue weighted by atomic mass is 16.3. The van der Waals surface area contributed by atoms with Crippen LogP contribution in [0.4, 0.5) is 0 Å². The maximum absolute atomic E-state index is 12.9. The molecule has 0 spiro atoms. The summed E-state index contributed by atoms with van der Waals surface area (Å²) in [5, 5.41) is 10.7. The molecule has 2 heteroatoms. The second-order valence-electron chi connectivity index (χ2n) is 11.1. The molecule has 0 amide bonds. The molecule has 0 aliphatic heterocycles. The molecule has 0 heterocycles. The largest absolute Gasteiger partial charge is 0.393 e. The Morgan fingerprint density at radius 1 is 0.967 bits per heavy atom. The van der Waals surface area contributed by atoms with Crippen molar-refractivity contribution in [2.75, 3.05) is 0 Å². The van der Waals surface area contributed by atoms with Gasteiger partial charge in [-0.3, -0.25) is 4.79 Å². The Hall–Kier alpha value is -1.67. The lowest BCUT2D eigenvalue weighted by atomic mass is 9.45. The van der Waals surface area contributed by atoms with E-state index in [1.54, 1.807) is 0 Å². The van der Waals surface area contributed by atoms with E-state index in [4.69, 9.17) is 0 Å². The van der Waals surface area contributed by atoms with Crippen LogP contribution in [0.5, 0.6) is 0 Å². The zero-order valence-corrected chi connectivity index (χ0v) is 18.5. The number of carbonyl (C=O) groups is 1. The molecular formula is C28H36O2. The van der Waals surface area contributed by atoms with Crippen molar-refractivity contribution in [3.8, 4) is 0 Å². The third kappa shape index (κ3) is 3.14. The van der Waals surface area contributed by atoms with E-state index in [9.17, 15) is 9.90 Å². The first-order valence-corrected chi connectivity index (χ1v) is 12.1. The summed E-state index contributed by atoms with van der Waals surface area (Å²) >= 11 is 0. The summed E-state index contributed by atoms with van der Waals surface area (Å²) in [7, 11) is 0. The van der Waals surface area contributed by atoms with Crippen LogP contribution in [0.15, 0.2) is 48.1 Å². The van der Waals surface area contributed by atoms with Gasteiger partial charge in [0.1, 0.15) is 0 Å². The first kappa shape index (κ1) is 20.2. The number of aliphatic hydroxyl groups is 1. The van der Waals surface area contributed by atoms with E-state index in [-0.39, 0.29) is 16.9 Å². The van der Waals surface area contributed by atoms with Crippen LogP contribution in [0.2, 0.25) is 0 Å². The molecule has 4 aliphatic carbocycles. The molecule has 0 radical (unpaired) electrons. The lowest BCUT2D eigenvalue weighted by Crippen LogP contribution is -2.54. The van der Waals surface area contributed by atoms with Gasteiger partial charge < -0.3 is 5.11 Å². The Kier molecular flexibility index (Phi) is 5.05. The minimum atomic E-state index is -0.111. The highest BCUT2D eigenvalue weighted by Crippen LogP contribution is 2.66. The number of benzene rings is 1.